The van der Waals surface area contributed by atoms with Crippen molar-refractivity contribution in [3.8, 4) is 0 Å². The average molecular weight is 251 g/mol. The Labute approximate surface area is 94.8 Å². The average Bonchev–Trinajstić information content (AvgIpc) is 2.07. The maximum Gasteiger partial charge on any atom is 0.306 e. The zero-order chi connectivity index (χ0) is 12.3. The molecular formula is C9H17NO5S. The lowest BCUT2D eigenvalue weighted by molar-refractivity contribution is -0.139. The van der Waals surface area contributed by atoms with Crippen LogP contribution in [0, 0.1) is 0 Å². The van der Waals surface area contributed by atoms with E-state index >= 15 is 0 Å². The molecule has 94 valence electrons. The molecule has 2 unspecified atom stereocenters. The summed E-state index contributed by atoms with van der Waals surface area (Å²) in [6.07, 6.45) is -1.25. The van der Waals surface area contributed by atoms with Gasteiger partial charge in [-0.05, 0) is 6.92 Å². The first-order valence-corrected chi connectivity index (χ1v) is 6.96. The van der Waals surface area contributed by atoms with Crippen LogP contribution >= 0.6 is 0 Å². The van der Waals surface area contributed by atoms with Crippen molar-refractivity contribution in [1.82, 2.24) is 4.90 Å². The molecular weight excluding hydrogens is 234 g/mol. The highest BCUT2D eigenvalue weighted by Gasteiger charge is 2.29. The Hall–Kier alpha value is -0.660. The van der Waals surface area contributed by atoms with E-state index in [0.717, 1.165) is 0 Å². The van der Waals surface area contributed by atoms with Crippen LogP contribution in [-0.4, -0.2) is 66.2 Å². The molecule has 1 aliphatic heterocycles. The molecule has 0 aromatic carbocycles. The number of hydrogen-bond donors (Lipinski definition) is 2. The number of β-amino-alcohol motifs (C(OH)–C–C–N with tert-alkyl or cyclic N) is 1. The number of carboxylic acids is 1. The number of aliphatic hydroxyl groups excluding tert-OH is 1. The first-order chi connectivity index (χ1) is 7.30. The van der Waals surface area contributed by atoms with Crippen molar-refractivity contribution in [2.24, 2.45) is 0 Å². The molecule has 6 nitrogen and oxygen atoms in total. The predicted molar refractivity (Wildman–Crippen MR) is 57.9 cm³/mol. The Balaban J connectivity index is 2.47. The van der Waals surface area contributed by atoms with Gasteiger partial charge in [-0.1, -0.05) is 0 Å². The van der Waals surface area contributed by atoms with Crippen LogP contribution in [0.1, 0.15) is 13.3 Å². The van der Waals surface area contributed by atoms with Crippen molar-refractivity contribution in [2.75, 3.05) is 24.6 Å². The Morgan fingerprint density at radius 2 is 2.19 bits per heavy atom. The predicted octanol–water partition coefficient (Wildman–Crippen LogP) is -1.06. The van der Waals surface area contributed by atoms with Crippen molar-refractivity contribution in [2.45, 2.75) is 25.5 Å². The number of hydrogen-bond acceptors (Lipinski definition) is 5. The molecule has 1 aliphatic rings. The molecule has 0 spiro atoms. The normalized spacial score (nSPS) is 27.5. The van der Waals surface area contributed by atoms with Gasteiger partial charge in [-0.15, -0.1) is 0 Å². The molecule has 0 bridgehead atoms. The first-order valence-electron chi connectivity index (χ1n) is 5.14. The third-order valence-electron chi connectivity index (χ3n) is 2.66. The smallest absolute Gasteiger partial charge is 0.306 e. The molecule has 0 saturated carbocycles. The summed E-state index contributed by atoms with van der Waals surface area (Å²) < 4.78 is 22.6. The lowest BCUT2D eigenvalue weighted by atomic mass is 10.2. The van der Waals surface area contributed by atoms with Crippen molar-refractivity contribution in [1.29, 1.82) is 0 Å². The van der Waals surface area contributed by atoms with Crippen LogP contribution in [0.2, 0.25) is 0 Å². The van der Waals surface area contributed by atoms with E-state index in [4.69, 9.17) is 5.11 Å². The second-order valence-electron chi connectivity index (χ2n) is 4.21. The van der Waals surface area contributed by atoms with Gasteiger partial charge < -0.3 is 10.2 Å². The molecule has 0 radical (unpaired) electrons. The van der Waals surface area contributed by atoms with Crippen molar-refractivity contribution in [3.05, 3.63) is 0 Å². The van der Waals surface area contributed by atoms with Crippen LogP contribution in [0.15, 0.2) is 0 Å². The number of carbonyl (C=O) groups is 1. The highest BCUT2D eigenvalue weighted by atomic mass is 32.2. The molecule has 16 heavy (non-hydrogen) atoms. The van der Waals surface area contributed by atoms with E-state index < -0.39 is 21.9 Å². The minimum atomic E-state index is -2.96. The third kappa shape index (κ3) is 4.07. The molecule has 1 rings (SSSR count). The Morgan fingerprint density at radius 3 is 2.69 bits per heavy atom. The van der Waals surface area contributed by atoms with E-state index in [-0.39, 0.29) is 30.5 Å². The molecule has 1 saturated heterocycles. The maximum atomic E-state index is 11.3. The second kappa shape index (κ2) is 5.11. The van der Waals surface area contributed by atoms with Gasteiger partial charge in [0.15, 0.2) is 9.84 Å². The van der Waals surface area contributed by atoms with E-state index in [1.165, 1.54) is 0 Å². The lowest BCUT2D eigenvalue weighted by Gasteiger charge is -2.34. The summed E-state index contributed by atoms with van der Waals surface area (Å²) in [7, 11) is -2.96. The van der Waals surface area contributed by atoms with Gasteiger partial charge in [0.05, 0.1) is 24.0 Å². The Bertz CT molecular complexity index is 353. The Morgan fingerprint density at radius 1 is 1.56 bits per heavy atom. The zero-order valence-electron chi connectivity index (χ0n) is 9.16. The van der Waals surface area contributed by atoms with E-state index in [2.05, 4.69) is 0 Å². The fourth-order valence-electron chi connectivity index (χ4n) is 1.84. The second-order valence-corrected chi connectivity index (χ2v) is 6.44. The molecule has 0 aromatic heterocycles. The largest absolute Gasteiger partial charge is 0.481 e. The number of carboxylic acid groups (broad SMARTS) is 1. The quantitative estimate of drug-likeness (QED) is 0.661. The maximum absolute atomic E-state index is 11.3. The van der Waals surface area contributed by atoms with Gasteiger partial charge in [0.1, 0.15) is 0 Å². The van der Waals surface area contributed by atoms with Crippen LogP contribution in [0.5, 0.6) is 0 Å². The standard InChI is InChI=1S/C9H17NO5S/c1-7-6-16(14,15)3-2-10(7)5-8(11)4-9(12)13/h7-8,11H,2-6H2,1H3,(H,12,13). The van der Waals surface area contributed by atoms with Gasteiger partial charge >= 0.3 is 5.97 Å². The zero-order valence-corrected chi connectivity index (χ0v) is 9.98. The molecule has 2 atom stereocenters. The van der Waals surface area contributed by atoms with Gasteiger partial charge in [0, 0.05) is 19.1 Å². The van der Waals surface area contributed by atoms with Crippen LogP contribution in [0.3, 0.4) is 0 Å². The minimum Gasteiger partial charge on any atom is -0.481 e. The summed E-state index contributed by atoms with van der Waals surface area (Å²) in [5.74, 6) is -0.894. The summed E-state index contributed by atoms with van der Waals surface area (Å²) in [6, 6.07) is -0.165. The molecule has 0 aromatic rings. The number of aliphatic carboxylic acids is 1. The summed E-state index contributed by atoms with van der Waals surface area (Å²) in [5, 5.41) is 17.9. The molecule has 0 aliphatic carbocycles. The Kier molecular flexibility index (Phi) is 4.28. The van der Waals surface area contributed by atoms with Crippen molar-refractivity contribution >= 4 is 15.8 Å². The summed E-state index contributed by atoms with van der Waals surface area (Å²) >= 11 is 0. The number of nitrogens with zero attached hydrogens (tertiary/aromatic N) is 1. The van der Waals surface area contributed by atoms with E-state index in [9.17, 15) is 18.3 Å². The number of rotatable bonds is 4. The van der Waals surface area contributed by atoms with Gasteiger partial charge in [-0.3, -0.25) is 9.69 Å². The SMILES string of the molecule is CC1CS(=O)(=O)CCN1CC(O)CC(=O)O. The molecule has 0 amide bonds. The topological polar surface area (TPSA) is 94.9 Å². The highest BCUT2D eigenvalue weighted by Crippen LogP contribution is 2.12. The summed E-state index contributed by atoms with van der Waals surface area (Å²) in [5.41, 5.74) is 0. The van der Waals surface area contributed by atoms with Gasteiger partial charge in [0.2, 0.25) is 0 Å². The lowest BCUT2D eigenvalue weighted by Crippen LogP contribution is -2.49. The summed E-state index contributed by atoms with van der Waals surface area (Å²) in [4.78, 5) is 12.2. The van der Waals surface area contributed by atoms with E-state index in [0.29, 0.717) is 6.54 Å². The molecule has 2 N–H and O–H groups in total. The fraction of sp³-hybridized carbons (Fsp3) is 0.889. The highest BCUT2D eigenvalue weighted by molar-refractivity contribution is 7.91. The van der Waals surface area contributed by atoms with Gasteiger partial charge in [-0.25, -0.2) is 8.42 Å². The molecule has 7 heteroatoms. The monoisotopic (exact) mass is 251 g/mol. The fourth-order valence-corrected chi connectivity index (χ4v) is 3.47. The minimum absolute atomic E-state index is 0.0762. The van der Waals surface area contributed by atoms with Crippen LogP contribution in [-0.2, 0) is 14.6 Å². The van der Waals surface area contributed by atoms with Gasteiger partial charge in [-0.2, -0.15) is 0 Å². The third-order valence-corrected chi connectivity index (χ3v) is 4.46. The van der Waals surface area contributed by atoms with Crippen LogP contribution < -0.4 is 0 Å². The van der Waals surface area contributed by atoms with Crippen molar-refractivity contribution < 1.29 is 23.4 Å². The van der Waals surface area contributed by atoms with Gasteiger partial charge in [0.25, 0.3) is 0 Å². The van der Waals surface area contributed by atoms with E-state index in [1.54, 1.807) is 6.92 Å². The molecule has 1 heterocycles. The first kappa shape index (κ1) is 13.4. The summed E-state index contributed by atoms with van der Waals surface area (Å²) in [6.45, 7) is 2.34. The number of aliphatic hydroxyl groups is 1. The van der Waals surface area contributed by atoms with Crippen molar-refractivity contribution in [3.63, 3.8) is 0 Å². The molecule has 1 fully saturated rings. The van der Waals surface area contributed by atoms with E-state index in [1.807, 2.05) is 4.90 Å². The van der Waals surface area contributed by atoms with Crippen LogP contribution in [0.4, 0.5) is 0 Å². The van der Waals surface area contributed by atoms with Crippen LogP contribution in [0.25, 0.3) is 0 Å². The number of sulfone groups is 1.